The van der Waals surface area contributed by atoms with E-state index in [-0.39, 0.29) is 6.42 Å². The largest absolute Gasteiger partial charge is 0.481 e. The molecule has 1 unspecified atom stereocenters. The molecule has 0 aromatic rings. The van der Waals surface area contributed by atoms with Crippen molar-refractivity contribution in [1.29, 1.82) is 0 Å². The zero-order valence-electron chi connectivity index (χ0n) is 8.74. The van der Waals surface area contributed by atoms with Crippen LogP contribution in [0.15, 0.2) is 12.3 Å². The Bertz CT molecular complexity index is 308. The number of aliphatic carboxylic acids is 3. The molecule has 0 aliphatic carbocycles. The van der Waals surface area contributed by atoms with Crippen LogP contribution in [0.5, 0.6) is 0 Å². The second kappa shape index (κ2) is 8.11. The SMILES string of the molecule is O=C(O)C/C=C\OOCC(CC(=O)O)C(=O)O. The Balaban J connectivity index is 3.83. The standard InChI is InChI=1S/C9H12O8/c10-7(11)2-1-3-16-17-5-6(9(14)15)4-8(12)13/h1,3,6H,2,4-5H2,(H,10,11)(H,12,13)(H,14,15)/b3-1-. The first-order valence-electron chi connectivity index (χ1n) is 4.53. The molecule has 0 bridgehead atoms. The fraction of sp³-hybridized carbons (Fsp3) is 0.444. The van der Waals surface area contributed by atoms with Crippen molar-refractivity contribution in [2.24, 2.45) is 5.92 Å². The molecule has 0 fully saturated rings. The molecule has 1 atom stereocenters. The van der Waals surface area contributed by atoms with Crippen LogP contribution in [-0.4, -0.2) is 39.8 Å². The van der Waals surface area contributed by atoms with E-state index in [0.29, 0.717) is 0 Å². The van der Waals surface area contributed by atoms with Gasteiger partial charge in [0.05, 0.1) is 18.8 Å². The maximum atomic E-state index is 10.5. The van der Waals surface area contributed by atoms with Gasteiger partial charge in [0.15, 0.2) is 0 Å². The molecule has 0 aromatic heterocycles. The van der Waals surface area contributed by atoms with Gasteiger partial charge in [0, 0.05) is 0 Å². The van der Waals surface area contributed by atoms with Crippen molar-refractivity contribution in [3.8, 4) is 0 Å². The van der Waals surface area contributed by atoms with Gasteiger partial charge in [0.25, 0.3) is 0 Å². The van der Waals surface area contributed by atoms with E-state index in [1.54, 1.807) is 0 Å². The number of carboxylic acids is 3. The Kier molecular flexibility index (Phi) is 7.11. The average Bonchev–Trinajstić information content (AvgIpc) is 2.20. The summed E-state index contributed by atoms with van der Waals surface area (Å²) in [5.41, 5.74) is 0. The van der Waals surface area contributed by atoms with Crippen LogP contribution < -0.4 is 0 Å². The molecular weight excluding hydrogens is 236 g/mol. The maximum Gasteiger partial charge on any atom is 0.309 e. The van der Waals surface area contributed by atoms with Gasteiger partial charge in [-0.1, -0.05) is 0 Å². The van der Waals surface area contributed by atoms with Crippen LogP contribution >= 0.6 is 0 Å². The van der Waals surface area contributed by atoms with Crippen LogP contribution in [0.2, 0.25) is 0 Å². The quantitative estimate of drug-likeness (QED) is 0.226. The summed E-state index contributed by atoms with van der Waals surface area (Å²) in [5.74, 6) is -4.85. The van der Waals surface area contributed by atoms with Gasteiger partial charge in [-0.25, -0.2) is 0 Å². The van der Waals surface area contributed by atoms with Gasteiger partial charge in [-0.3, -0.25) is 14.4 Å². The van der Waals surface area contributed by atoms with Gasteiger partial charge in [-0.2, -0.15) is 4.89 Å². The molecule has 0 saturated carbocycles. The predicted molar refractivity (Wildman–Crippen MR) is 51.8 cm³/mol. The van der Waals surface area contributed by atoms with Gasteiger partial charge >= 0.3 is 17.9 Å². The van der Waals surface area contributed by atoms with Crippen molar-refractivity contribution in [2.45, 2.75) is 12.8 Å². The van der Waals surface area contributed by atoms with Crippen molar-refractivity contribution < 1.29 is 39.5 Å². The Morgan fingerprint density at radius 1 is 1.12 bits per heavy atom. The highest BCUT2D eigenvalue weighted by Crippen LogP contribution is 2.04. The van der Waals surface area contributed by atoms with E-state index in [2.05, 4.69) is 9.78 Å². The number of rotatable bonds is 9. The predicted octanol–water partition coefficient (Wildman–Crippen LogP) is 0.0985. The topological polar surface area (TPSA) is 130 Å². The minimum absolute atomic E-state index is 0.263. The van der Waals surface area contributed by atoms with E-state index in [1.807, 2.05) is 0 Å². The number of hydrogen-bond donors (Lipinski definition) is 3. The first kappa shape index (κ1) is 14.9. The first-order valence-corrected chi connectivity index (χ1v) is 4.53. The lowest BCUT2D eigenvalue weighted by atomic mass is 10.1. The Labute approximate surface area is 96.0 Å². The van der Waals surface area contributed by atoms with E-state index >= 15 is 0 Å². The third kappa shape index (κ3) is 8.88. The zero-order chi connectivity index (χ0) is 13.3. The molecule has 17 heavy (non-hydrogen) atoms. The van der Waals surface area contributed by atoms with E-state index in [0.717, 1.165) is 12.3 Å². The summed E-state index contributed by atoms with van der Waals surface area (Å²) in [6.07, 6.45) is 1.24. The van der Waals surface area contributed by atoms with E-state index in [1.165, 1.54) is 0 Å². The van der Waals surface area contributed by atoms with Crippen molar-refractivity contribution in [1.82, 2.24) is 0 Å². The monoisotopic (exact) mass is 248 g/mol. The molecule has 0 aliphatic heterocycles. The van der Waals surface area contributed by atoms with Crippen molar-refractivity contribution >= 4 is 17.9 Å². The summed E-state index contributed by atoms with van der Waals surface area (Å²) in [6, 6.07) is 0. The molecule has 0 radical (unpaired) electrons. The van der Waals surface area contributed by atoms with Gasteiger partial charge in [0.1, 0.15) is 12.9 Å². The molecule has 0 spiro atoms. The van der Waals surface area contributed by atoms with Gasteiger partial charge in [0.2, 0.25) is 0 Å². The molecule has 3 N–H and O–H groups in total. The average molecular weight is 248 g/mol. The molecule has 0 heterocycles. The first-order chi connectivity index (χ1) is 7.93. The summed E-state index contributed by atoms with van der Waals surface area (Å²) in [5, 5.41) is 25.2. The number of carboxylic acid groups (broad SMARTS) is 3. The Morgan fingerprint density at radius 3 is 2.24 bits per heavy atom. The Hall–Kier alpha value is -2.09. The Morgan fingerprint density at radius 2 is 1.76 bits per heavy atom. The highest BCUT2D eigenvalue weighted by Gasteiger charge is 2.21. The fourth-order valence-corrected chi connectivity index (χ4v) is 0.777. The number of hydrogen-bond acceptors (Lipinski definition) is 5. The third-order valence-electron chi connectivity index (χ3n) is 1.55. The molecule has 0 aliphatic rings. The minimum Gasteiger partial charge on any atom is -0.481 e. The summed E-state index contributed by atoms with van der Waals surface area (Å²) >= 11 is 0. The maximum absolute atomic E-state index is 10.5. The van der Waals surface area contributed by atoms with Gasteiger partial charge < -0.3 is 20.2 Å². The minimum atomic E-state index is -1.31. The summed E-state index contributed by atoms with van der Waals surface area (Å²) in [4.78, 5) is 39.7. The third-order valence-corrected chi connectivity index (χ3v) is 1.55. The van der Waals surface area contributed by atoms with Crippen LogP contribution in [0.4, 0.5) is 0 Å². The lowest BCUT2D eigenvalue weighted by Gasteiger charge is -2.08. The smallest absolute Gasteiger partial charge is 0.309 e. The van der Waals surface area contributed by atoms with Crippen molar-refractivity contribution in [3.63, 3.8) is 0 Å². The van der Waals surface area contributed by atoms with Gasteiger partial charge in [-0.05, 0) is 6.08 Å². The second-order valence-electron chi connectivity index (χ2n) is 2.98. The molecule has 0 amide bonds. The highest BCUT2D eigenvalue weighted by molar-refractivity contribution is 5.77. The van der Waals surface area contributed by atoms with Crippen LogP contribution in [0.3, 0.4) is 0 Å². The zero-order valence-corrected chi connectivity index (χ0v) is 8.74. The lowest BCUT2D eigenvalue weighted by molar-refractivity contribution is -0.257. The number of carbonyl (C=O) groups is 3. The molecule has 0 rings (SSSR count). The van der Waals surface area contributed by atoms with Crippen molar-refractivity contribution in [3.05, 3.63) is 12.3 Å². The van der Waals surface area contributed by atoms with E-state index in [9.17, 15) is 14.4 Å². The normalized spacial score (nSPS) is 12.2. The highest BCUT2D eigenvalue weighted by atomic mass is 17.2. The second-order valence-corrected chi connectivity index (χ2v) is 2.98. The molecule has 0 aromatic carbocycles. The summed E-state index contributed by atoms with van der Waals surface area (Å²) < 4.78 is 0. The molecule has 8 heteroatoms. The van der Waals surface area contributed by atoms with Gasteiger partial charge in [-0.15, -0.1) is 0 Å². The molecule has 8 nitrogen and oxygen atoms in total. The summed E-state index contributed by atoms with van der Waals surface area (Å²) in [7, 11) is 0. The lowest BCUT2D eigenvalue weighted by Crippen LogP contribution is -2.22. The molecule has 0 saturated heterocycles. The van der Waals surface area contributed by atoms with Crippen LogP contribution in [0.25, 0.3) is 0 Å². The summed E-state index contributed by atoms with van der Waals surface area (Å²) in [6.45, 7) is -0.445. The van der Waals surface area contributed by atoms with E-state index < -0.39 is 36.9 Å². The van der Waals surface area contributed by atoms with E-state index in [4.69, 9.17) is 15.3 Å². The molecular formula is C9H12O8. The van der Waals surface area contributed by atoms with Crippen molar-refractivity contribution in [2.75, 3.05) is 6.61 Å². The van der Waals surface area contributed by atoms with Crippen LogP contribution in [-0.2, 0) is 24.2 Å². The van der Waals surface area contributed by atoms with Crippen LogP contribution in [0, 0.1) is 5.92 Å². The molecule has 96 valence electrons. The fourth-order valence-electron chi connectivity index (χ4n) is 0.777. The van der Waals surface area contributed by atoms with Crippen LogP contribution in [0.1, 0.15) is 12.8 Å².